The molecular weight excluding hydrogens is 230 g/mol. The van der Waals surface area contributed by atoms with Gasteiger partial charge < -0.3 is 5.73 Å². The Morgan fingerprint density at radius 1 is 0.684 bits per heavy atom. The Balaban J connectivity index is 0.000000637. The molecule has 0 spiro atoms. The van der Waals surface area contributed by atoms with Crippen LogP contribution in [0.4, 0.5) is 5.69 Å². The molecule has 0 unspecified atom stereocenters. The molecule has 1 nitrogen and oxygen atoms in total. The molecule has 0 aromatic heterocycles. The Morgan fingerprint density at radius 3 is 2.05 bits per heavy atom. The number of hydrogen-bond acceptors (Lipinski definition) is 1. The Hall–Kier alpha value is -2.54. The third-order valence-corrected chi connectivity index (χ3v) is 3.02. The summed E-state index contributed by atoms with van der Waals surface area (Å²) in [5.74, 6) is 0. The molecule has 2 N–H and O–H groups in total. The zero-order chi connectivity index (χ0) is 13.7. The van der Waals surface area contributed by atoms with Gasteiger partial charge in [-0.2, -0.15) is 0 Å². The molecule has 0 aliphatic rings. The molecule has 3 aromatic rings. The molecule has 0 bridgehead atoms. The smallest absolute Gasteiger partial charge is 0.0393 e. The summed E-state index contributed by atoms with van der Waals surface area (Å²) >= 11 is 0. The van der Waals surface area contributed by atoms with Gasteiger partial charge in [-0.25, -0.2) is 0 Å². The van der Waals surface area contributed by atoms with E-state index in [-0.39, 0.29) is 0 Å². The standard InChI is InChI=1S/C16H13N.C2H4/c17-16-8-4-3-7-15(16)14-10-9-12-5-1-2-6-13(12)11-14;1-2/h1-11H,17H2;1-2H2. The highest BCUT2D eigenvalue weighted by molar-refractivity contribution is 5.89. The first-order chi connectivity index (χ1) is 9.34. The topological polar surface area (TPSA) is 26.0 Å². The predicted octanol–water partition coefficient (Wildman–Crippen LogP) is 4.89. The second kappa shape index (κ2) is 5.87. The van der Waals surface area contributed by atoms with E-state index in [9.17, 15) is 0 Å². The van der Waals surface area contributed by atoms with Gasteiger partial charge in [0.2, 0.25) is 0 Å². The summed E-state index contributed by atoms with van der Waals surface area (Å²) in [4.78, 5) is 0. The Bertz CT molecular complexity index is 686. The molecule has 3 aromatic carbocycles. The summed E-state index contributed by atoms with van der Waals surface area (Å²) in [6, 6.07) is 22.8. The van der Waals surface area contributed by atoms with Crippen LogP contribution in [0.2, 0.25) is 0 Å². The first-order valence-corrected chi connectivity index (χ1v) is 6.18. The molecule has 0 fully saturated rings. The average Bonchev–Trinajstić information content (AvgIpc) is 2.49. The molecule has 0 radical (unpaired) electrons. The minimum absolute atomic E-state index is 0.822. The van der Waals surface area contributed by atoms with Crippen LogP contribution in [-0.4, -0.2) is 0 Å². The van der Waals surface area contributed by atoms with Gasteiger partial charge in [-0.15, -0.1) is 13.2 Å². The minimum Gasteiger partial charge on any atom is -0.398 e. The lowest BCUT2D eigenvalue weighted by Crippen LogP contribution is -1.88. The summed E-state index contributed by atoms with van der Waals surface area (Å²) in [7, 11) is 0. The Morgan fingerprint density at radius 2 is 1.32 bits per heavy atom. The average molecular weight is 247 g/mol. The molecule has 94 valence electrons. The van der Waals surface area contributed by atoms with Gasteiger partial charge in [0.05, 0.1) is 0 Å². The molecule has 0 atom stereocenters. The van der Waals surface area contributed by atoms with Gasteiger partial charge in [-0.1, -0.05) is 54.6 Å². The first kappa shape index (κ1) is 12.9. The fraction of sp³-hybridized carbons (Fsp3) is 0. The highest BCUT2D eigenvalue weighted by Crippen LogP contribution is 2.28. The van der Waals surface area contributed by atoms with Crippen LogP contribution in [0.15, 0.2) is 79.9 Å². The molecule has 0 aliphatic carbocycles. The van der Waals surface area contributed by atoms with Crippen LogP contribution in [0.5, 0.6) is 0 Å². The van der Waals surface area contributed by atoms with Gasteiger partial charge in [0.1, 0.15) is 0 Å². The predicted molar refractivity (Wildman–Crippen MR) is 85.1 cm³/mol. The Labute approximate surface area is 114 Å². The van der Waals surface area contributed by atoms with Crippen molar-refractivity contribution in [1.82, 2.24) is 0 Å². The lowest BCUT2D eigenvalue weighted by atomic mass is 10.0. The number of nitrogen functional groups attached to an aromatic ring is 1. The van der Waals surface area contributed by atoms with Crippen molar-refractivity contribution >= 4 is 16.5 Å². The van der Waals surface area contributed by atoms with E-state index < -0.39 is 0 Å². The number of fused-ring (bicyclic) bond motifs is 1. The normalized spacial score (nSPS) is 9.68. The van der Waals surface area contributed by atoms with Crippen molar-refractivity contribution in [3.63, 3.8) is 0 Å². The number of hydrogen-bond donors (Lipinski definition) is 1. The molecule has 0 amide bonds. The largest absolute Gasteiger partial charge is 0.398 e. The first-order valence-electron chi connectivity index (χ1n) is 6.18. The van der Waals surface area contributed by atoms with Gasteiger partial charge in [-0.3, -0.25) is 0 Å². The maximum atomic E-state index is 6.00. The molecule has 3 rings (SSSR count). The van der Waals surface area contributed by atoms with E-state index in [2.05, 4.69) is 61.7 Å². The third kappa shape index (κ3) is 2.66. The second-order valence-corrected chi connectivity index (χ2v) is 4.15. The molecule has 1 heteroatoms. The van der Waals surface area contributed by atoms with Crippen LogP contribution >= 0.6 is 0 Å². The molecular formula is C18H17N. The quantitative estimate of drug-likeness (QED) is 0.481. The molecule has 0 heterocycles. The van der Waals surface area contributed by atoms with Gasteiger partial charge in [0.15, 0.2) is 0 Å². The van der Waals surface area contributed by atoms with E-state index in [1.165, 1.54) is 16.3 Å². The van der Waals surface area contributed by atoms with E-state index in [0.717, 1.165) is 11.3 Å². The van der Waals surface area contributed by atoms with Crippen LogP contribution < -0.4 is 5.73 Å². The minimum atomic E-state index is 0.822. The second-order valence-electron chi connectivity index (χ2n) is 4.15. The summed E-state index contributed by atoms with van der Waals surface area (Å²) < 4.78 is 0. The SMILES string of the molecule is C=C.Nc1ccccc1-c1ccc2ccccc2c1. The van der Waals surface area contributed by atoms with E-state index in [1.807, 2.05) is 18.2 Å². The van der Waals surface area contributed by atoms with Crippen molar-refractivity contribution in [2.24, 2.45) is 0 Å². The van der Waals surface area contributed by atoms with Crippen molar-refractivity contribution in [1.29, 1.82) is 0 Å². The number of nitrogens with two attached hydrogens (primary N) is 1. The summed E-state index contributed by atoms with van der Waals surface area (Å²) in [5, 5.41) is 2.50. The van der Waals surface area contributed by atoms with E-state index in [1.54, 1.807) is 0 Å². The van der Waals surface area contributed by atoms with Crippen molar-refractivity contribution < 1.29 is 0 Å². The molecule has 0 saturated carbocycles. The van der Waals surface area contributed by atoms with E-state index >= 15 is 0 Å². The van der Waals surface area contributed by atoms with Crippen LogP contribution in [0.1, 0.15) is 0 Å². The summed E-state index contributed by atoms with van der Waals surface area (Å²) in [6.45, 7) is 6.00. The highest BCUT2D eigenvalue weighted by Gasteiger charge is 2.02. The van der Waals surface area contributed by atoms with Crippen LogP contribution in [-0.2, 0) is 0 Å². The van der Waals surface area contributed by atoms with Crippen molar-refractivity contribution in [2.45, 2.75) is 0 Å². The monoisotopic (exact) mass is 247 g/mol. The van der Waals surface area contributed by atoms with Gasteiger partial charge in [0, 0.05) is 11.3 Å². The summed E-state index contributed by atoms with van der Waals surface area (Å²) in [6.07, 6.45) is 0. The molecule has 0 saturated heterocycles. The Kier molecular flexibility index (Phi) is 3.99. The van der Waals surface area contributed by atoms with E-state index in [4.69, 9.17) is 5.73 Å². The van der Waals surface area contributed by atoms with Crippen LogP contribution in [0.25, 0.3) is 21.9 Å². The van der Waals surface area contributed by atoms with Crippen molar-refractivity contribution in [3.05, 3.63) is 79.9 Å². The number of para-hydroxylation sites is 1. The highest BCUT2D eigenvalue weighted by atomic mass is 14.6. The van der Waals surface area contributed by atoms with Crippen LogP contribution in [0.3, 0.4) is 0 Å². The van der Waals surface area contributed by atoms with Gasteiger partial charge >= 0.3 is 0 Å². The maximum absolute atomic E-state index is 6.00. The van der Waals surface area contributed by atoms with Crippen LogP contribution in [0, 0.1) is 0 Å². The van der Waals surface area contributed by atoms with E-state index in [0.29, 0.717) is 0 Å². The maximum Gasteiger partial charge on any atom is 0.0393 e. The van der Waals surface area contributed by atoms with Gasteiger partial charge in [-0.05, 0) is 28.5 Å². The number of benzene rings is 3. The van der Waals surface area contributed by atoms with Gasteiger partial charge in [0.25, 0.3) is 0 Å². The number of anilines is 1. The third-order valence-electron chi connectivity index (χ3n) is 3.02. The fourth-order valence-corrected chi connectivity index (χ4v) is 2.12. The molecule has 0 aliphatic heterocycles. The molecule has 19 heavy (non-hydrogen) atoms. The zero-order valence-corrected chi connectivity index (χ0v) is 10.8. The lowest BCUT2D eigenvalue weighted by Gasteiger charge is -2.06. The van der Waals surface area contributed by atoms with Crippen molar-refractivity contribution in [2.75, 3.05) is 5.73 Å². The number of rotatable bonds is 1. The summed E-state index contributed by atoms with van der Waals surface area (Å²) in [5.41, 5.74) is 9.08. The zero-order valence-electron chi connectivity index (χ0n) is 10.8. The fourth-order valence-electron chi connectivity index (χ4n) is 2.12. The lowest BCUT2D eigenvalue weighted by molar-refractivity contribution is 1.63. The van der Waals surface area contributed by atoms with Crippen molar-refractivity contribution in [3.8, 4) is 11.1 Å².